The molecule has 0 radical (unpaired) electrons. The zero-order chi connectivity index (χ0) is 11.1. The summed E-state index contributed by atoms with van der Waals surface area (Å²) in [7, 11) is 0. The summed E-state index contributed by atoms with van der Waals surface area (Å²) < 4.78 is 6.26. The average Bonchev–Trinajstić information content (AvgIpc) is 2.22. The standard InChI is InChI=1S/C12H17BrO2/c1-2-15-8-7-12(14)9-10-3-5-11(13)6-4-10/h3-6,12,14H,2,7-9H2,1H3. The first-order chi connectivity index (χ1) is 7.22. The van der Waals surface area contributed by atoms with Gasteiger partial charge in [-0.3, -0.25) is 0 Å². The van der Waals surface area contributed by atoms with Crippen molar-refractivity contribution in [1.82, 2.24) is 0 Å². The van der Waals surface area contributed by atoms with Crippen molar-refractivity contribution in [3.05, 3.63) is 34.3 Å². The van der Waals surface area contributed by atoms with Crippen molar-refractivity contribution in [2.75, 3.05) is 13.2 Å². The molecule has 0 bridgehead atoms. The first kappa shape index (κ1) is 12.7. The lowest BCUT2D eigenvalue weighted by molar-refractivity contribution is 0.0887. The molecule has 0 amide bonds. The highest BCUT2D eigenvalue weighted by molar-refractivity contribution is 9.10. The molecule has 1 rings (SSSR count). The van der Waals surface area contributed by atoms with E-state index in [4.69, 9.17) is 4.74 Å². The molecule has 0 saturated heterocycles. The fourth-order valence-electron chi connectivity index (χ4n) is 1.36. The molecule has 1 aromatic carbocycles. The highest BCUT2D eigenvalue weighted by Crippen LogP contribution is 2.12. The van der Waals surface area contributed by atoms with Crippen LogP contribution in [0.25, 0.3) is 0 Å². The Morgan fingerprint density at radius 1 is 1.33 bits per heavy atom. The minimum absolute atomic E-state index is 0.308. The van der Waals surface area contributed by atoms with E-state index >= 15 is 0 Å². The van der Waals surface area contributed by atoms with Gasteiger partial charge in [0.1, 0.15) is 0 Å². The van der Waals surface area contributed by atoms with Crippen LogP contribution in [0.2, 0.25) is 0 Å². The van der Waals surface area contributed by atoms with Gasteiger partial charge in [0.2, 0.25) is 0 Å². The monoisotopic (exact) mass is 272 g/mol. The van der Waals surface area contributed by atoms with E-state index in [0.29, 0.717) is 26.1 Å². The molecule has 1 N–H and O–H groups in total. The van der Waals surface area contributed by atoms with Crippen LogP contribution in [0.3, 0.4) is 0 Å². The van der Waals surface area contributed by atoms with Crippen LogP contribution >= 0.6 is 15.9 Å². The lowest BCUT2D eigenvalue weighted by Gasteiger charge is -2.10. The smallest absolute Gasteiger partial charge is 0.0602 e. The minimum atomic E-state index is -0.308. The van der Waals surface area contributed by atoms with Gasteiger partial charge in [-0.25, -0.2) is 0 Å². The van der Waals surface area contributed by atoms with Crippen LogP contribution in [-0.2, 0) is 11.2 Å². The van der Waals surface area contributed by atoms with Gasteiger partial charge in [-0.2, -0.15) is 0 Å². The normalized spacial score (nSPS) is 12.7. The lowest BCUT2D eigenvalue weighted by atomic mass is 10.1. The van der Waals surface area contributed by atoms with Gasteiger partial charge in [-0.1, -0.05) is 28.1 Å². The van der Waals surface area contributed by atoms with E-state index in [-0.39, 0.29) is 6.10 Å². The Balaban J connectivity index is 2.31. The topological polar surface area (TPSA) is 29.5 Å². The van der Waals surface area contributed by atoms with E-state index in [1.165, 1.54) is 0 Å². The van der Waals surface area contributed by atoms with E-state index in [0.717, 1.165) is 10.0 Å². The summed E-state index contributed by atoms with van der Waals surface area (Å²) in [5, 5.41) is 9.71. The summed E-state index contributed by atoms with van der Waals surface area (Å²) >= 11 is 3.38. The lowest BCUT2D eigenvalue weighted by Crippen LogP contribution is -2.13. The van der Waals surface area contributed by atoms with Gasteiger partial charge in [0.05, 0.1) is 6.10 Å². The highest BCUT2D eigenvalue weighted by atomic mass is 79.9. The van der Waals surface area contributed by atoms with Gasteiger partial charge in [0.25, 0.3) is 0 Å². The molecule has 0 aliphatic carbocycles. The second kappa shape index (κ2) is 6.99. The largest absolute Gasteiger partial charge is 0.393 e. The van der Waals surface area contributed by atoms with Crippen molar-refractivity contribution in [1.29, 1.82) is 0 Å². The molecule has 1 aromatic rings. The third kappa shape index (κ3) is 5.30. The van der Waals surface area contributed by atoms with Crippen LogP contribution in [0.1, 0.15) is 18.9 Å². The highest BCUT2D eigenvalue weighted by Gasteiger charge is 2.05. The van der Waals surface area contributed by atoms with E-state index in [9.17, 15) is 5.11 Å². The molecule has 15 heavy (non-hydrogen) atoms. The van der Waals surface area contributed by atoms with Crippen LogP contribution in [0.5, 0.6) is 0 Å². The Bertz CT molecular complexity index is 271. The van der Waals surface area contributed by atoms with Crippen molar-refractivity contribution >= 4 is 15.9 Å². The summed E-state index contributed by atoms with van der Waals surface area (Å²) in [6, 6.07) is 8.02. The van der Waals surface area contributed by atoms with Crippen molar-refractivity contribution in [2.45, 2.75) is 25.9 Å². The Morgan fingerprint density at radius 3 is 2.60 bits per heavy atom. The molecular formula is C12H17BrO2. The second-order valence-electron chi connectivity index (χ2n) is 3.47. The molecule has 3 heteroatoms. The molecule has 0 saturated carbocycles. The molecule has 0 spiro atoms. The number of halogens is 1. The average molecular weight is 273 g/mol. The maximum absolute atomic E-state index is 9.71. The fraction of sp³-hybridized carbons (Fsp3) is 0.500. The van der Waals surface area contributed by atoms with Crippen LogP contribution in [0.4, 0.5) is 0 Å². The number of hydrogen-bond acceptors (Lipinski definition) is 2. The van der Waals surface area contributed by atoms with Crippen LogP contribution in [0.15, 0.2) is 28.7 Å². The molecule has 0 heterocycles. The molecule has 0 aliphatic heterocycles. The predicted molar refractivity (Wildman–Crippen MR) is 65.0 cm³/mol. The van der Waals surface area contributed by atoms with Gasteiger partial charge < -0.3 is 9.84 Å². The van der Waals surface area contributed by atoms with Crippen molar-refractivity contribution in [2.24, 2.45) is 0 Å². The van der Waals surface area contributed by atoms with Crippen LogP contribution in [-0.4, -0.2) is 24.4 Å². The number of rotatable bonds is 6. The first-order valence-electron chi connectivity index (χ1n) is 5.22. The summed E-state index contributed by atoms with van der Waals surface area (Å²) in [5.41, 5.74) is 1.15. The number of benzene rings is 1. The molecule has 0 aromatic heterocycles. The Kier molecular flexibility index (Phi) is 5.91. The molecule has 1 unspecified atom stereocenters. The zero-order valence-corrected chi connectivity index (χ0v) is 10.5. The zero-order valence-electron chi connectivity index (χ0n) is 8.95. The van der Waals surface area contributed by atoms with E-state index < -0.39 is 0 Å². The van der Waals surface area contributed by atoms with Gasteiger partial charge in [-0.05, 0) is 37.5 Å². The maximum atomic E-state index is 9.71. The molecule has 84 valence electrons. The molecule has 2 nitrogen and oxygen atoms in total. The summed E-state index contributed by atoms with van der Waals surface area (Å²) in [6.07, 6.45) is 1.09. The van der Waals surface area contributed by atoms with Gasteiger partial charge in [-0.15, -0.1) is 0 Å². The number of hydrogen-bond donors (Lipinski definition) is 1. The Labute approximate surface area is 99.4 Å². The number of ether oxygens (including phenoxy) is 1. The minimum Gasteiger partial charge on any atom is -0.393 e. The third-order valence-corrected chi connectivity index (χ3v) is 2.71. The van der Waals surface area contributed by atoms with Crippen LogP contribution < -0.4 is 0 Å². The van der Waals surface area contributed by atoms with E-state index in [2.05, 4.69) is 15.9 Å². The first-order valence-corrected chi connectivity index (χ1v) is 6.02. The summed E-state index contributed by atoms with van der Waals surface area (Å²) in [4.78, 5) is 0. The number of aliphatic hydroxyl groups excluding tert-OH is 1. The van der Waals surface area contributed by atoms with Gasteiger partial charge in [0.15, 0.2) is 0 Å². The quantitative estimate of drug-likeness (QED) is 0.807. The van der Waals surface area contributed by atoms with Crippen LogP contribution in [0, 0.1) is 0 Å². The Hall–Kier alpha value is -0.380. The molecule has 0 aliphatic rings. The Morgan fingerprint density at radius 2 is 2.00 bits per heavy atom. The fourth-order valence-corrected chi connectivity index (χ4v) is 1.62. The van der Waals surface area contributed by atoms with Crippen molar-refractivity contribution < 1.29 is 9.84 Å². The summed E-state index contributed by atoms with van der Waals surface area (Å²) in [5.74, 6) is 0. The molecule has 0 fully saturated rings. The molecular weight excluding hydrogens is 256 g/mol. The SMILES string of the molecule is CCOCCC(O)Cc1ccc(Br)cc1. The van der Waals surface area contributed by atoms with Crippen molar-refractivity contribution in [3.63, 3.8) is 0 Å². The predicted octanol–water partition coefficient (Wildman–Crippen LogP) is 2.78. The van der Waals surface area contributed by atoms with Gasteiger partial charge >= 0.3 is 0 Å². The van der Waals surface area contributed by atoms with E-state index in [1.807, 2.05) is 31.2 Å². The van der Waals surface area contributed by atoms with Crippen molar-refractivity contribution in [3.8, 4) is 0 Å². The number of aliphatic hydroxyl groups is 1. The maximum Gasteiger partial charge on any atom is 0.0602 e. The summed E-state index contributed by atoms with van der Waals surface area (Å²) in [6.45, 7) is 3.31. The third-order valence-electron chi connectivity index (χ3n) is 2.18. The van der Waals surface area contributed by atoms with E-state index in [1.54, 1.807) is 0 Å². The van der Waals surface area contributed by atoms with Gasteiger partial charge in [0, 0.05) is 17.7 Å². The second-order valence-corrected chi connectivity index (χ2v) is 4.39. The molecule has 1 atom stereocenters.